The van der Waals surface area contributed by atoms with Crippen LogP contribution in [0.3, 0.4) is 0 Å². The minimum atomic E-state index is -1.37. The number of ether oxygens (including phenoxy) is 1. The normalized spacial score (nSPS) is 54.1. The van der Waals surface area contributed by atoms with Crippen molar-refractivity contribution in [3.05, 3.63) is 0 Å². The van der Waals surface area contributed by atoms with Crippen LogP contribution in [0.1, 0.15) is 79.1 Å². The lowest BCUT2D eigenvalue weighted by molar-refractivity contribution is -0.177. The molecule has 0 aromatic rings. The smallest absolute Gasteiger partial charge is 0.302 e. The van der Waals surface area contributed by atoms with Crippen LogP contribution >= 0.6 is 23.2 Å². The summed E-state index contributed by atoms with van der Waals surface area (Å²) in [5.74, 6) is -0.413. The summed E-state index contributed by atoms with van der Waals surface area (Å²) < 4.78 is 22.3. The fourth-order valence-corrected chi connectivity index (χ4v) is 9.07. The van der Waals surface area contributed by atoms with Crippen LogP contribution in [0, 0.1) is 28.6 Å². The minimum Gasteiger partial charge on any atom is -0.462 e. The minimum absolute atomic E-state index is 0.114. The SMILES string of the molecule is CC(=O)O[C@H]1CC[C@]2(C)[C@H]3CC[C@]4(C)[C@@H](C(C)=O)CC[C@@]4(F)[C@@H]3C[C@@H](Cl)[C@@]2(Cl)C1. The van der Waals surface area contributed by atoms with Gasteiger partial charge in [-0.2, -0.15) is 0 Å². The van der Waals surface area contributed by atoms with Gasteiger partial charge < -0.3 is 4.74 Å². The molecule has 164 valence electrons. The number of carbonyl (C=O) groups excluding carboxylic acids is 2. The van der Waals surface area contributed by atoms with Gasteiger partial charge in [-0.05, 0) is 69.1 Å². The Hall–Kier alpha value is -0.350. The summed E-state index contributed by atoms with van der Waals surface area (Å²) in [6.07, 6.45) is 5.02. The van der Waals surface area contributed by atoms with E-state index < -0.39 is 16.0 Å². The molecule has 0 N–H and O–H groups in total. The molecular weight excluding hydrogens is 414 g/mol. The second-order valence-electron chi connectivity index (χ2n) is 10.7. The van der Waals surface area contributed by atoms with Crippen molar-refractivity contribution in [2.75, 3.05) is 0 Å². The maximum Gasteiger partial charge on any atom is 0.302 e. The van der Waals surface area contributed by atoms with E-state index in [1.54, 1.807) is 6.92 Å². The van der Waals surface area contributed by atoms with E-state index >= 15 is 4.39 Å². The van der Waals surface area contributed by atoms with E-state index in [0.29, 0.717) is 25.7 Å². The Morgan fingerprint density at radius 3 is 2.28 bits per heavy atom. The van der Waals surface area contributed by atoms with E-state index in [-0.39, 0.29) is 46.4 Å². The number of esters is 1. The molecule has 0 aromatic heterocycles. The van der Waals surface area contributed by atoms with Gasteiger partial charge in [0.05, 0.1) is 10.3 Å². The first-order chi connectivity index (χ1) is 13.4. The van der Waals surface area contributed by atoms with Gasteiger partial charge >= 0.3 is 5.97 Å². The van der Waals surface area contributed by atoms with E-state index in [2.05, 4.69) is 6.92 Å². The van der Waals surface area contributed by atoms with Crippen molar-refractivity contribution in [3.63, 3.8) is 0 Å². The van der Waals surface area contributed by atoms with Gasteiger partial charge in [-0.15, -0.1) is 23.2 Å². The topological polar surface area (TPSA) is 43.4 Å². The lowest BCUT2D eigenvalue weighted by atomic mass is 9.43. The van der Waals surface area contributed by atoms with Crippen LogP contribution in [0.25, 0.3) is 0 Å². The monoisotopic (exact) mass is 446 g/mol. The van der Waals surface area contributed by atoms with Crippen LogP contribution in [0.5, 0.6) is 0 Å². The van der Waals surface area contributed by atoms with Crippen molar-refractivity contribution in [1.82, 2.24) is 0 Å². The van der Waals surface area contributed by atoms with Crippen molar-refractivity contribution >= 4 is 35.0 Å². The number of halogens is 3. The van der Waals surface area contributed by atoms with Gasteiger partial charge in [0.15, 0.2) is 0 Å². The molecule has 3 nitrogen and oxygen atoms in total. The summed E-state index contributed by atoms with van der Waals surface area (Å²) in [4.78, 5) is 23.1. The van der Waals surface area contributed by atoms with Gasteiger partial charge in [-0.1, -0.05) is 13.8 Å². The fraction of sp³-hybridized carbons (Fsp3) is 0.913. The zero-order valence-corrected chi connectivity index (χ0v) is 19.4. The van der Waals surface area contributed by atoms with Crippen LogP contribution in [0.4, 0.5) is 4.39 Å². The lowest BCUT2D eigenvalue weighted by Gasteiger charge is -2.66. The molecule has 0 aromatic carbocycles. The highest BCUT2D eigenvalue weighted by Gasteiger charge is 2.73. The first kappa shape index (κ1) is 21.9. The average molecular weight is 447 g/mol. The highest BCUT2D eigenvalue weighted by molar-refractivity contribution is 6.33. The van der Waals surface area contributed by atoms with Gasteiger partial charge in [-0.25, -0.2) is 4.39 Å². The highest BCUT2D eigenvalue weighted by atomic mass is 35.5. The molecule has 0 bridgehead atoms. The molecule has 4 rings (SSSR count). The standard InChI is InChI=1S/C23H33Cl2FO3/c1-13(27)16-7-10-23(26)18-11-19(24)22(25)12-15(29-14(2)28)5-8-20(22,3)17(18)6-9-21(16,23)4/h15-19H,5-12H2,1-4H3/t15-,16+,17-,18+,19+,20+,21+,22-,23+/m0/s1. The van der Waals surface area contributed by atoms with Gasteiger partial charge in [0.1, 0.15) is 17.6 Å². The molecule has 0 amide bonds. The quantitative estimate of drug-likeness (QED) is 0.395. The van der Waals surface area contributed by atoms with Crippen molar-refractivity contribution in [1.29, 1.82) is 0 Å². The number of hydrogen-bond donors (Lipinski definition) is 0. The number of ketones is 1. The van der Waals surface area contributed by atoms with Crippen LogP contribution in [-0.4, -0.2) is 33.8 Å². The Kier molecular flexibility index (Phi) is 5.14. The summed E-state index contributed by atoms with van der Waals surface area (Å²) in [6.45, 7) is 7.21. The molecule has 4 saturated carbocycles. The van der Waals surface area contributed by atoms with Crippen molar-refractivity contribution in [2.24, 2.45) is 28.6 Å². The second kappa shape index (κ2) is 6.82. The predicted octanol–water partition coefficient (Wildman–Crippen LogP) is 5.84. The number of rotatable bonds is 2. The number of fused-ring (bicyclic) bond motifs is 5. The zero-order chi connectivity index (χ0) is 21.4. The molecular formula is C23H33Cl2FO3. The molecule has 9 atom stereocenters. The summed E-state index contributed by atoms with van der Waals surface area (Å²) in [5.41, 5.74) is -2.28. The molecule has 4 aliphatic rings. The van der Waals surface area contributed by atoms with Gasteiger partial charge in [-0.3, -0.25) is 9.59 Å². The Labute approximate surface area is 183 Å². The maximum atomic E-state index is 16.8. The third kappa shape index (κ3) is 2.80. The van der Waals surface area contributed by atoms with Crippen LogP contribution < -0.4 is 0 Å². The van der Waals surface area contributed by atoms with Crippen molar-refractivity contribution in [3.8, 4) is 0 Å². The Balaban J connectivity index is 1.68. The van der Waals surface area contributed by atoms with Gasteiger partial charge in [0.25, 0.3) is 0 Å². The molecule has 0 spiro atoms. The number of hydrogen-bond acceptors (Lipinski definition) is 3. The van der Waals surface area contributed by atoms with E-state index in [9.17, 15) is 9.59 Å². The third-order valence-corrected chi connectivity index (χ3v) is 11.1. The first-order valence-corrected chi connectivity index (χ1v) is 11.9. The molecule has 0 aliphatic heterocycles. The van der Waals surface area contributed by atoms with Crippen LogP contribution in [-0.2, 0) is 14.3 Å². The van der Waals surface area contributed by atoms with Crippen LogP contribution in [0.2, 0.25) is 0 Å². The van der Waals surface area contributed by atoms with Crippen LogP contribution in [0.15, 0.2) is 0 Å². The molecule has 0 unspecified atom stereocenters. The van der Waals surface area contributed by atoms with Gasteiger partial charge in [0, 0.05) is 24.7 Å². The van der Waals surface area contributed by atoms with E-state index in [4.69, 9.17) is 27.9 Å². The van der Waals surface area contributed by atoms with E-state index in [0.717, 1.165) is 25.7 Å². The molecule has 0 radical (unpaired) electrons. The number of alkyl halides is 3. The number of Topliss-reactive ketones (excluding diaryl/α,β-unsaturated/α-hetero) is 1. The maximum absolute atomic E-state index is 16.8. The molecule has 0 saturated heterocycles. The Bertz CT molecular complexity index is 731. The Morgan fingerprint density at radius 2 is 1.66 bits per heavy atom. The largest absolute Gasteiger partial charge is 0.462 e. The third-order valence-electron chi connectivity index (χ3n) is 9.62. The molecule has 6 heteroatoms. The highest BCUT2D eigenvalue weighted by Crippen LogP contribution is 2.72. The molecule has 4 aliphatic carbocycles. The number of carbonyl (C=O) groups is 2. The molecule has 0 heterocycles. The fourth-order valence-electron chi connectivity index (χ4n) is 8.04. The summed E-state index contributed by atoms with van der Waals surface area (Å²) in [7, 11) is 0. The lowest BCUT2D eigenvalue weighted by Crippen LogP contribution is -2.68. The zero-order valence-electron chi connectivity index (χ0n) is 17.9. The van der Waals surface area contributed by atoms with E-state index in [1.807, 2.05) is 6.92 Å². The predicted molar refractivity (Wildman–Crippen MR) is 112 cm³/mol. The summed E-state index contributed by atoms with van der Waals surface area (Å²) in [6, 6.07) is 0. The Morgan fingerprint density at radius 1 is 1.00 bits per heavy atom. The van der Waals surface area contributed by atoms with Crippen molar-refractivity contribution < 1.29 is 18.7 Å². The summed E-state index contributed by atoms with van der Waals surface area (Å²) in [5, 5.41) is -0.389. The first-order valence-electron chi connectivity index (χ1n) is 11.1. The average Bonchev–Trinajstić information content (AvgIpc) is 2.89. The van der Waals surface area contributed by atoms with Crippen molar-refractivity contribution in [2.45, 2.75) is 101 Å². The molecule has 4 fully saturated rings. The molecule has 29 heavy (non-hydrogen) atoms. The summed E-state index contributed by atoms with van der Waals surface area (Å²) >= 11 is 14.2. The second-order valence-corrected chi connectivity index (χ2v) is 11.9. The van der Waals surface area contributed by atoms with E-state index in [1.165, 1.54) is 6.92 Å². The van der Waals surface area contributed by atoms with Gasteiger partial charge in [0.2, 0.25) is 0 Å².